The van der Waals surface area contributed by atoms with Crippen LogP contribution in [0.1, 0.15) is 31.9 Å². The summed E-state index contributed by atoms with van der Waals surface area (Å²) in [7, 11) is 0. The third-order valence-electron chi connectivity index (χ3n) is 3.07. The number of aryl methyl sites for hydroxylation is 1. The van der Waals surface area contributed by atoms with E-state index in [9.17, 15) is 4.79 Å². The zero-order valence-corrected chi connectivity index (χ0v) is 8.23. The number of aromatic nitrogens is 2. The van der Waals surface area contributed by atoms with Crippen LogP contribution in [0, 0.1) is 0 Å². The van der Waals surface area contributed by atoms with Gasteiger partial charge in [0.2, 0.25) is 0 Å². The van der Waals surface area contributed by atoms with Crippen LogP contribution in [-0.2, 0) is 16.8 Å². The number of carboxylic acids is 1. The van der Waals surface area contributed by atoms with Gasteiger partial charge in [-0.25, -0.2) is 0 Å². The second-order valence-corrected chi connectivity index (χ2v) is 3.80. The molecule has 0 bridgehead atoms. The minimum absolute atomic E-state index is 0.680. The van der Waals surface area contributed by atoms with Crippen LogP contribution in [0.4, 0.5) is 0 Å². The first-order valence-electron chi connectivity index (χ1n) is 4.96. The number of carboxylic acid groups (broad SMARTS) is 1. The van der Waals surface area contributed by atoms with Crippen molar-refractivity contribution in [3.05, 3.63) is 18.0 Å². The van der Waals surface area contributed by atoms with E-state index >= 15 is 0 Å². The Morgan fingerprint density at radius 3 is 2.79 bits per heavy atom. The van der Waals surface area contributed by atoms with Gasteiger partial charge in [-0.1, -0.05) is 6.42 Å². The van der Waals surface area contributed by atoms with Crippen LogP contribution in [0.5, 0.6) is 0 Å². The first kappa shape index (κ1) is 9.24. The van der Waals surface area contributed by atoms with E-state index in [2.05, 4.69) is 5.10 Å². The highest BCUT2D eigenvalue weighted by Gasteiger charge is 2.47. The van der Waals surface area contributed by atoms with Gasteiger partial charge in [0.05, 0.1) is 5.69 Å². The van der Waals surface area contributed by atoms with Gasteiger partial charge in [0, 0.05) is 12.7 Å². The fourth-order valence-corrected chi connectivity index (χ4v) is 1.90. The summed E-state index contributed by atoms with van der Waals surface area (Å²) >= 11 is 0. The summed E-state index contributed by atoms with van der Waals surface area (Å²) in [6.07, 6.45) is 4.29. The molecule has 1 saturated carbocycles. The van der Waals surface area contributed by atoms with Crippen molar-refractivity contribution in [3.8, 4) is 0 Å². The summed E-state index contributed by atoms with van der Waals surface area (Å²) in [6, 6.07) is 1.83. The summed E-state index contributed by atoms with van der Waals surface area (Å²) in [5, 5.41) is 13.4. The van der Waals surface area contributed by atoms with Crippen molar-refractivity contribution in [2.24, 2.45) is 0 Å². The SMILES string of the molecule is CCn1ccc(C2(C(=O)O)CCC2)n1. The predicted octanol–water partition coefficient (Wildman–Crippen LogP) is 1.41. The third kappa shape index (κ3) is 1.14. The Hall–Kier alpha value is -1.32. The van der Waals surface area contributed by atoms with Gasteiger partial charge < -0.3 is 5.11 Å². The molecule has 0 amide bonds. The Bertz CT molecular complexity index is 353. The largest absolute Gasteiger partial charge is 0.481 e. The highest BCUT2D eigenvalue weighted by atomic mass is 16.4. The average molecular weight is 194 g/mol. The Morgan fingerprint density at radius 2 is 2.43 bits per heavy atom. The van der Waals surface area contributed by atoms with Gasteiger partial charge in [0.1, 0.15) is 5.41 Å². The summed E-state index contributed by atoms with van der Waals surface area (Å²) in [4.78, 5) is 11.2. The number of aliphatic carboxylic acids is 1. The van der Waals surface area contributed by atoms with Crippen LogP contribution >= 0.6 is 0 Å². The summed E-state index contributed by atoms with van der Waals surface area (Å²) in [6.45, 7) is 2.78. The predicted molar refractivity (Wildman–Crippen MR) is 51.1 cm³/mol. The van der Waals surface area contributed by atoms with E-state index in [0.29, 0.717) is 0 Å². The molecule has 0 unspecified atom stereocenters. The maximum absolute atomic E-state index is 11.2. The maximum atomic E-state index is 11.2. The van der Waals surface area contributed by atoms with Gasteiger partial charge in [-0.05, 0) is 25.8 Å². The van der Waals surface area contributed by atoms with E-state index in [4.69, 9.17) is 5.11 Å². The number of carbonyl (C=O) groups is 1. The van der Waals surface area contributed by atoms with Crippen molar-refractivity contribution in [3.63, 3.8) is 0 Å². The molecule has 1 aromatic heterocycles. The van der Waals surface area contributed by atoms with Crippen LogP contribution in [-0.4, -0.2) is 20.9 Å². The molecule has 1 aromatic rings. The molecule has 0 atom stereocenters. The maximum Gasteiger partial charge on any atom is 0.315 e. The topological polar surface area (TPSA) is 55.1 Å². The van der Waals surface area contributed by atoms with Crippen molar-refractivity contribution in [1.29, 1.82) is 0 Å². The fraction of sp³-hybridized carbons (Fsp3) is 0.600. The third-order valence-corrected chi connectivity index (χ3v) is 3.07. The van der Waals surface area contributed by atoms with E-state index in [1.807, 2.05) is 19.2 Å². The first-order chi connectivity index (χ1) is 6.69. The molecule has 14 heavy (non-hydrogen) atoms. The molecule has 2 rings (SSSR count). The molecular formula is C10H14N2O2. The Balaban J connectivity index is 2.32. The van der Waals surface area contributed by atoms with Crippen LogP contribution < -0.4 is 0 Å². The van der Waals surface area contributed by atoms with E-state index in [1.54, 1.807) is 4.68 Å². The van der Waals surface area contributed by atoms with Crippen molar-refractivity contribution in [2.75, 3.05) is 0 Å². The molecule has 0 spiro atoms. The lowest BCUT2D eigenvalue weighted by atomic mass is 9.67. The number of rotatable bonds is 3. The fourth-order valence-electron chi connectivity index (χ4n) is 1.90. The van der Waals surface area contributed by atoms with E-state index in [0.717, 1.165) is 31.5 Å². The van der Waals surface area contributed by atoms with Gasteiger partial charge in [0.25, 0.3) is 0 Å². The molecule has 0 aliphatic heterocycles. The monoisotopic (exact) mass is 194 g/mol. The molecule has 0 radical (unpaired) electrons. The van der Waals surface area contributed by atoms with Gasteiger partial charge in [0.15, 0.2) is 0 Å². The zero-order valence-electron chi connectivity index (χ0n) is 8.23. The lowest BCUT2D eigenvalue weighted by Gasteiger charge is -2.35. The standard InChI is InChI=1S/C10H14N2O2/c1-2-12-7-4-8(11-12)10(9(13)14)5-3-6-10/h4,7H,2-3,5-6H2,1H3,(H,13,14). The molecule has 1 fully saturated rings. The Labute approximate surface area is 82.5 Å². The highest BCUT2D eigenvalue weighted by molar-refractivity contribution is 5.81. The second-order valence-electron chi connectivity index (χ2n) is 3.80. The lowest BCUT2D eigenvalue weighted by Crippen LogP contribution is -2.42. The minimum Gasteiger partial charge on any atom is -0.481 e. The summed E-state index contributed by atoms with van der Waals surface area (Å²) in [5.41, 5.74) is 0.0403. The van der Waals surface area contributed by atoms with Crippen molar-refractivity contribution in [1.82, 2.24) is 9.78 Å². The Kier molecular flexibility index (Phi) is 2.06. The van der Waals surface area contributed by atoms with E-state index in [-0.39, 0.29) is 0 Å². The molecule has 76 valence electrons. The summed E-state index contributed by atoms with van der Waals surface area (Å²) in [5.74, 6) is -0.731. The van der Waals surface area contributed by atoms with Crippen molar-refractivity contribution < 1.29 is 9.90 Å². The van der Waals surface area contributed by atoms with Crippen molar-refractivity contribution in [2.45, 2.75) is 38.1 Å². The quantitative estimate of drug-likeness (QED) is 0.791. The molecule has 1 aliphatic rings. The second kappa shape index (κ2) is 3.12. The average Bonchev–Trinajstić information content (AvgIpc) is 2.50. The van der Waals surface area contributed by atoms with Gasteiger partial charge in [-0.3, -0.25) is 9.48 Å². The molecule has 0 saturated heterocycles. The number of nitrogens with zero attached hydrogens (tertiary/aromatic N) is 2. The number of hydrogen-bond acceptors (Lipinski definition) is 2. The zero-order chi connectivity index (χ0) is 10.2. The van der Waals surface area contributed by atoms with Gasteiger partial charge in [-0.15, -0.1) is 0 Å². The smallest absolute Gasteiger partial charge is 0.315 e. The number of hydrogen-bond donors (Lipinski definition) is 1. The molecule has 4 heteroatoms. The molecule has 1 heterocycles. The van der Waals surface area contributed by atoms with Gasteiger partial charge >= 0.3 is 5.97 Å². The normalized spacial score (nSPS) is 18.9. The summed E-state index contributed by atoms with van der Waals surface area (Å²) < 4.78 is 1.78. The molecule has 1 aliphatic carbocycles. The molecule has 1 N–H and O–H groups in total. The highest BCUT2D eigenvalue weighted by Crippen LogP contribution is 2.43. The van der Waals surface area contributed by atoms with Gasteiger partial charge in [-0.2, -0.15) is 5.10 Å². The molecular weight excluding hydrogens is 180 g/mol. The molecule has 4 nitrogen and oxygen atoms in total. The Morgan fingerprint density at radius 1 is 1.71 bits per heavy atom. The van der Waals surface area contributed by atoms with E-state index < -0.39 is 11.4 Å². The van der Waals surface area contributed by atoms with Crippen molar-refractivity contribution >= 4 is 5.97 Å². The van der Waals surface area contributed by atoms with E-state index in [1.165, 1.54) is 0 Å². The lowest BCUT2D eigenvalue weighted by molar-refractivity contribution is -0.147. The first-order valence-corrected chi connectivity index (χ1v) is 4.96. The van der Waals surface area contributed by atoms with Crippen LogP contribution in [0.15, 0.2) is 12.3 Å². The molecule has 0 aromatic carbocycles. The van der Waals surface area contributed by atoms with Crippen LogP contribution in [0.3, 0.4) is 0 Å². The van der Waals surface area contributed by atoms with Crippen LogP contribution in [0.2, 0.25) is 0 Å². The van der Waals surface area contributed by atoms with Crippen LogP contribution in [0.25, 0.3) is 0 Å². The minimum atomic E-state index is -0.731.